The van der Waals surface area contributed by atoms with E-state index < -0.39 is 0 Å². The number of unbranched alkanes of at least 4 members (excludes halogenated alkanes) is 1. The van der Waals surface area contributed by atoms with Gasteiger partial charge in [0.2, 0.25) is 0 Å². The summed E-state index contributed by atoms with van der Waals surface area (Å²) in [6.07, 6.45) is 15.5. The van der Waals surface area contributed by atoms with E-state index in [1.807, 2.05) is 13.8 Å². The van der Waals surface area contributed by atoms with Crippen molar-refractivity contribution >= 4 is 0 Å². The van der Waals surface area contributed by atoms with Gasteiger partial charge in [0.25, 0.3) is 0 Å². The Hall–Kier alpha value is -0.0800. The summed E-state index contributed by atoms with van der Waals surface area (Å²) in [6.45, 7) is 9.59. The molecule has 2 N–H and O–H groups in total. The predicted octanol–water partition coefficient (Wildman–Crippen LogP) is 6.20. The maximum Gasteiger partial charge on any atom is 0.0543 e. The van der Waals surface area contributed by atoms with E-state index in [4.69, 9.17) is 5.11 Å². The maximum absolute atomic E-state index is 10.2. The predicted molar refractivity (Wildman–Crippen MR) is 114 cm³/mol. The summed E-state index contributed by atoms with van der Waals surface area (Å²) in [5.41, 5.74) is 1.09. The molecule has 0 heterocycles. The van der Waals surface area contributed by atoms with Gasteiger partial charge in [0.15, 0.2) is 0 Å². The molecule has 27 heavy (non-hydrogen) atoms. The molecule has 4 saturated carbocycles. The van der Waals surface area contributed by atoms with Crippen molar-refractivity contribution in [3.05, 3.63) is 0 Å². The van der Waals surface area contributed by atoms with Crippen molar-refractivity contribution in [1.82, 2.24) is 0 Å². The van der Waals surface area contributed by atoms with Crippen LogP contribution in [0.2, 0.25) is 0 Å². The lowest BCUT2D eigenvalue weighted by Crippen LogP contribution is -2.53. The highest BCUT2D eigenvalue weighted by Gasteiger charge is 2.59. The van der Waals surface area contributed by atoms with Crippen LogP contribution in [0.5, 0.6) is 0 Å². The third-order valence-corrected chi connectivity index (χ3v) is 9.80. The highest BCUT2D eigenvalue weighted by molar-refractivity contribution is 5.09. The molecule has 2 heteroatoms. The van der Waals surface area contributed by atoms with Crippen LogP contribution < -0.4 is 0 Å². The lowest BCUT2D eigenvalue weighted by atomic mass is 9.44. The fourth-order valence-electron chi connectivity index (χ4n) is 8.32. The van der Waals surface area contributed by atoms with E-state index in [1.54, 1.807) is 0 Å². The number of aliphatic hydroxyl groups excluding tert-OH is 2. The van der Waals surface area contributed by atoms with Gasteiger partial charge in [-0.25, -0.2) is 0 Å². The van der Waals surface area contributed by atoms with Gasteiger partial charge in [-0.05, 0) is 111 Å². The average molecular weight is 379 g/mol. The fraction of sp³-hybridized carbons (Fsp3) is 1.00. The highest BCUT2D eigenvalue weighted by atomic mass is 16.3. The minimum Gasteiger partial charge on any atom is -0.396 e. The molecule has 0 aromatic rings. The summed E-state index contributed by atoms with van der Waals surface area (Å²) in [6, 6.07) is 0. The van der Waals surface area contributed by atoms with E-state index in [0.29, 0.717) is 17.4 Å². The van der Waals surface area contributed by atoms with Gasteiger partial charge in [-0.2, -0.15) is 0 Å². The SMILES string of the molecule is CC.CC12CCC(O)CC1CCC1C2CCC2(C)C1CC[C@@H]2CCCCO. The molecular formula is C25H46O2. The first-order valence-electron chi connectivity index (χ1n) is 12.3. The first kappa shape index (κ1) is 21.6. The molecule has 4 aliphatic rings. The third-order valence-electron chi connectivity index (χ3n) is 9.80. The van der Waals surface area contributed by atoms with Gasteiger partial charge in [0.05, 0.1) is 6.10 Å². The van der Waals surface area contributed by atoms with E-state index in [9.17, 15) is 5.11 Å². The molecule has 7 unspecified atom stereocenters. The molecule has 4 fully saturated rings. The Morgan fingerprint density at radius 1 is 0.815 bits per heavy atom. The molecule has 4 rings (SSSR count). The first-order chi connectivity index (χ1) is 13.0. The van der Waals surface area contributed by atoms with E-state index >= 15 is 0 Å². The Morgan fingerprint density at radius 2 is 1.52 bits per heavy atom. The second-order valence-electron chi connectivity index (χ2n) is 10.6. The molecule has 0 amide bonds. The molecular weight excluding hydrogens is 332 g/mol. The van der Waals surface area contributed by atoms with Gasteiger partial charge < -0.3 is 10.2 Å². The molecule has 4 aliphatic carbocycles. The lowest BCUT2D eigenvalue weighted by molar-refractivity contribution is -0.127. The van der Waals surface area contributed by atoms with Crippen LogP contribution in [0.1, 0.15) is 105 Å². The van der Waals surface area contributed by atoms with Gasteiger partial charge >= 0.3 is 0 Å². The summed E-state index contributed by atoms with van der Waals surface area (Å²) < 4.78 is 0. The zero-order chi connectivity index (χ0) is 19.7. The topological polar surface area (TPSA) is 40.5 Å². The average Bonchev–Trinajstić information content (AvgIpc) is 3.01. The molecule has 0 spiro atoms. The molecule has 158 valence electrons. The molecule has 0 aromatic heterocycles. The van der Waals surface area contributed by atoms with Crippen molar-refractivity contribution in [2.24, 2.45) is 40.4 Å². The zero-order valence-corrected chi connectivity index (χ0v) is 18.6. The van der Waals surface area contributed by atoms with E-state index in [0.717, 1.165) is 48.9 Å². The number of aliphatic hydroxyl groups is 2. The summed E-state index contributed by atoms with van der Waals surface area (Å²) >= 11 is 0. The Kier molecular flexibility index (Phi) is 7.00. The molecule has 0 bridgehead atoms. The molecule has 2 nitrogen and oxygen atoms in total. The second-order valence-corrected chi connectivity index (χ2v) is 10.6. The molecule has 0 aromatic carbocycles. The molecule has 0 saturated heterocycles. The largest absolute Gasteiger partial charge is 0.396 e. The van der Waals surface area contributed by atoms with Crippen molar-refractivity contribution in [2.45, 2.75) is 111 Å². The van der Waals surface area contributed by atoms with E-state index in [1.165, 1.54) is 57.8 Å². The van der Waals surface area contributed by atoms with Crippen LogP contribution in [0.3, 0.4) is 0 Å². The van der Waals surface area contributed by atoms with Gasteiger partial charge in [-0.15, -0.1) is 0 Å². The normalized spacial score (nSPS) is 48.7. The van der Waals surface area contributed by atoms with Gasteiger partial charge in [0, 0.05) is 6.61 Å². The van der Waals surface area contributed by atoms with Crippen LogP contribution >= 0.6 is 0 Å². The Labute approximate surface area is 168 Å². The van der Waals surface area contributed by atoms with E-state index in [2.05, 4.69) is 13.8 Å². The summed E-state index contributed by atoms with van der Waals surface area (Å²) in [4.78, 5) is 0. The minimum absolute atomic E-state index is 0.0223. The van der Waals surface area contributed by atoms with Crippen LogP contribution in [0, 0.1) is 40.4 Å². The van der Waals surface area contributed by atoms with Crippen LogP contribution in [0.4, 0.5) is 0 Å². The Balaban J connectivity index is 0.00000102. The van der Waals surface area contributed by atoms with Crippen molar-refractivity contribution in [3.8, 4) is 0 Å². The standard InChI is InChI=1S/C23H40O2.C2H6/c1-22-13-11-21-19(20(22)9-7-16(22)5-3-4-14-24)8-6-17-15-18(25)10-12-23(17,21)2;1-2/h16-21,24-25H,3-15H2,1-2H3;1-2H3/t16-,17?,18?,19?,20?,21?,22?,23?;/m0./s1. The number of hydrogen-bond acceptors (Lipinski definition) is 2. The zero-order valence-electron chi connectivity index (χ0n) is 18.6. The highest BCUT2D eigenvalue weighted by Crippen LogP contribution is 2.67. The number of fused-ring (bicyclic) bond motifs is 5. The number of hydrogen-bond donors (Lipinski definition) is 2. The minimum atomic E-state index is -0.0223. The van der Waals surface area contributed by atoms with Crippen molar-refractivity contribution in [1.29, 1.82) is 0 Å². The summed E-state index contributed by atoms with van der Waals surface area (Å²) in [5, 5.41) is 19.3. The lowest BCUT2D eigenvalue weighted by Gasteiger charge is -2.61. The summed E-state index contributed by atoms with van der Waals surface area (Å²) in [7, 11) is 0. The van der Waals surface area contributed by atoms with Gasteiger partial charge in [-0.1, -0.05) is 34.1 Å². The third kappa shape index (κ3) is 3.75. The molecule has 0 radical (unpaired) electrons. The number of rotatable bonds is 4. The van der Waals surface area contributed by atoms with E-state index in [-0.39, 0.29) is 6.10 Å². The quantitative estimate of drug-likeness (QED) is 0.572. The van der Waals surface area contributed by atoms with Crippen molar-refractivity contribution in [3.63, 3.8) is 0 Å². The van der Waals surface area contributed by atoms with Crippen LogP contribution in [0.15, 0.2) is 0 Å². The Bertz CT molecular complexity index is 477. The van der Waals surface area contributed by atoms with Crippen LogP contribution in [-0.2, 0) is 0 Å². The second kappa shape index (κ2) is 8.74. The summed E-state index contributed by atoms with van der Waals surface area (Å²) in [5.74, 6) is 4.52. The van der Waals surface area contributed by atoms with Gasteiger partial charge in [0.1, 0.15) is 0 Å². The monoisotopic (exact) mass is 378 g/mol. The van der Waals surface area contributed by atoms with Crippen LogP contribution in [0.25, 0.3) is 0 Å². The molecule has 8 atom stereocenters. The van der Waals surface area contributed by atoms with Gasteiger partial charge in [-0.3, -0.25) is 0 Å². The van der Waals surface area contributed by atoms with Crippen molar-refractivity contribution < 1.29 is 10.2 Å². The maximum atomic E-state index is 10.2. The van der Waals surface area contributed by atoms with Crippen LogP contribution in [-0.4, -0.2) is 22.9 Å². The fourth-order valence-corrected chi connectivity index (χ4v) is 8.32. The molecule has 0 aliphatic heterocycles. The Morgan fingerprint density at radius 3 is 2.26 bits per heavy atom. The first-order valence-corrected chi connectivity index (χ1v) is 12.3. The van der Waals surface area contributed by atoms with Crippen molar-refractivity contribution in [2.75, 3.05) is 6.61 Å². The smallest absolute Gasteiger partial charge is 0.0543 e.